The molecule has 19 heavy (non-hydrogen) atoms. The Hall–Kier alpha value is -1.75. The zero-order valence-corrected chi connectivity index (χ0v) is 11.6. The molecule has 1 saturated heterocycles. The lowest BCUT2D eigenvalue weighted by Gasteiger charge is -2.37. The van der Waals surface area contributed by atoms with Crippen molar-refractivity contribution in [1.82, 2.24) is 4.90 Å². The fraction of sp³-hybridized carbons (Fsp3) is 0.500. The number of hydrogen-bond acceptors (Lipinski definition) is 4. The van der Waals surface area contributed by atoms with Gasteiger partial charge in [-0.1, -0.05) is 17.3 Å². The summed E-state index contributed by atoms with van der Waals surface area (Å²) in [6.45, 7) is 2.00. The second-order valence-electron chi connectivity index (χ2n) is 5.18. The first-order valence-electron chi connectivity index (χ1n) is 6.61. The number of benzene rings is 1. The van der Waals surface area contributed by atoms with Crippen molar-refractivity contribution in [2.24, 2.45) is 10.9 Å². The predicted octanol–water partition coefficient (Wildman–Crippen LogP) is 1.31. The Morgan fingerprint density at radius 2 is 1.95 bits per heavy atom. The van der Waals surface area contributed by atoms with Crippen molar-refractivity contribution < 1.29 is 5.21 Å². The average molecular weight is 262 g/mol. The topological polar surface area (TPSA) is 65.1 Å². The van der Waals surface area contributed by atoms with Gasteiger partial charge in [0.05, 0.1) is 0 Å². The third kappa shape index (κ3) is 2.98. The van der Waals surface area contributed by atoms with Crippen LogP contribution in [0.1, 0.15) is 18.4 Å². The van der Waals surface area contributed by atoms with Crippen LogP contribution in [-0.4, -0.2) is 49.2 Å². The molecule has 104 valence electrons. The van der Waals surface area contributed by atoms with E-state index in [1.165, 1.54) is 0 Å². The van der Waals surface area contributed by atoms with E-state index in [0.717, 1.165) is 37.2 Å². The van der Waals surface area contributed by atoms with Crippen molar-refractivity contribution in [3.05, 3.63) is 29.8 Å². The molecule has 0 saturated carbocycles. The summed E-state index contributed by atoms with van der Waals surface area (Å²) in [5.41, 5.74) is 7.59. The van der Waals surface area contributed by atoms with E-state index in [0.29, 0.717) is 6.04 Å². The number of hydrogen-bond donors (Lipinski definition) is 2. The van der Waals surface area contributed by atoms with E-state index in [9.17, 15) is 0 Å². The zero-order chi connectivity index (χ0) is 13.8. The standard InChI is InChI=1S/C14H22N4O/c1-17(2)11-7-9-18(10-8-11)13-6-4-3-5-12(13)14(15)16-19/h3-6,11,19H,7-10H2,1-2H3,(H2,15,16). The van der Waals surface area contributed by atoms with Crippen LogP contribution in [0.25, 0.3) is 0 Å². The van der Waals surface area contributed by atoms with Gasteiger partial charge in [0.15, 0.2) is 5.84 Å². The Morgan fingerprint density at radius 3 is 2.53 bits per heavy atom. The summed E-state index contributed by atoms with van der Waals surface area (Å²) >= 11 is 0. The first-order chi connectivity index (χ1) is 9.13. The molecule has 2 rings (SSSR count). The number of para-hydroxylation sites is 1. The molecule has 0 radical (unpaired) electrons. The molecular formula is C14H22N4O. The highest BCUT2D eigenvalue weighted by molar-refractivity contribution is 6.02. The van der Waals surface area contributed by atoms with Gasteiger partial charge >= 0.3 is 0 Å². The van der Waals surface area contributed by atoms with Gasteiger partial charge in [-0.2, -0.15) is 0 Å². The molecule has 0 amide bonds. The van der Waals surface area contributed by atoms with Crippen molar-refractivity contribution in [2.75, 3.05) is 32.1 Å². The second-order valence-corrected chi connectivity index (χ2v) is 5.18. The monoisotopic (exact) mass is 262 g/mol. The zero-order valence-electron chi connectivity index (χ0n) is 11.6. The van der Waals surface area contributed by atoms with Crippen LogP contribution in [0.3, 0.4) is 0 Å². The van der Waals surface area contributed by atoms with Crippen molar-refractivity contribution >= 4 is 11.5 Å². The van der Waals surface area contributed by atoms with Crippen LogP contribution >= 0.6 is 0 Å². The number of piperidine rings is 1. The van der Waals surface area contributed by atoms with E-state index in [1.807, 2.05) is 24.3 Å². The van der Waals surface area contributed by atoms with E-state index < -0.39 is 0 Å². The minimum absolute atomic E-state index is 0.172. The molecule has 0 unspecified atom stereocenters. The highest BCUT2D eigenvalue weighted by Gasteiger charge is 2.22. The van der Waals surface area contributed by atoms with Crippen LogP contribution in [-0.2, 0) is 0 Å². The Bertz CT molecular complexity index is 451. The van der Waals surface area contributed by atoms with Gasteiger partial charge in [-0.15, -0.1) is 0 Å². The number of anilines is 1. The lowest BCUT2D eigenvalue weighted by molar-refractivity contribution is 0.249. The lowest BCUT2D eigenvalue weighted by atomic mass is 10.0. The summed E-state index contributed by atoms with van der Waals surface area (Å²) in [7, 11) is 4.26. The quantitative estimate of drug-likeness (QED) is 0.373. The summed E-state index contributed by atoms with van der Waals surface area (Å²) in [5, 5.41) is 12.0. The maximum atomic E-state index is 8.86. The van der Waals surface area contributed by atoms with Gasteiger partial charge in [0.25, 0.3) is 0 Å². The first kappa shape index (κ1) is 13.7. The third-order valence-electron chi connectivity index (χ3n) is 3.82. The number of rotatable bonds is 3. The molecule has 0 aromatic heterocycles. The second kappa shape index (κ2) is 5.93. The van der Waals surface area contributed by atoms with Gasteiger partial charge < -0.3 is 20.7 Å². The molecule has 5 heteroatoms. The minimum atomic E-state index is 0.172. The summed E-state index contributed by atoms with van der Waals surface area (Å²) in [4.78, 5) is 4.60. The molecule has 0 aliphatic carbocycles. The van der Waals surface area contributed by atoms with Crippen LogP contribution in [0, 0.1) is 0 Å². The summed E-state index contributed by atoms with van der Waals surface area (Å²) in [5.74, 6) is 0.172. The Labute approximate surface area is 114 Å². The van der Waals surface area contributed by atoms with E-state index in [4.69, 9.17) is 10.9 Å². The molecule has 1 aliphatic heterocycles. The molecule has 0 bridgehead atoms. The number of oxime groups is 1. The lowest BCUT2D eigenvalue weighted by Crippen LogP contribution is -2.42. The predicted molar refractivity (Wildman–Crippen MR) is 77.9 cm³/mol. The third-order valence-corrected chi connectivity index (χ3v) is 3.82. The van der Waals surface area contributed by atoms with Gasteiger partial charge in [0.1, 0.15) is 0 Å². The van der Waals surface area contributed by atoms with E-state index in [2.05, 4.69) is 29.1 Å². The van der Waals surface area contributed by atoms with Crippen molar-refractivity contribution in [3.63, 3.8) is 0 Å². The molecule has 1 aromatic carbocycles. The Kier molecular flexibility index (Phi) is 4.27. The SMILES string of the molecule is CN(C)C1CCN(c2ccccc2/C(N)=N/O)CC1. The summed E-state index contributed by atoms with van der Waals surface area (Å²) in [6.07, 6.45) is 2.27. The molecule has 0 atom stereocenters. The van der Waals surface area contributed by atoms with Crippen LogP contribution < -0.4 is 10.6 Å². The maximum absolute atomic E-state index is 8.86. The molecule has 5 nitrogen and oxygen atoms in total. The Balaban J connectivity index is 2.16. The Morgan fingerprint density at radius 1 is 1.32 bits per heavy atom. The number of nitrogens with zero attached hydrogens (tertiary/aromatic N) is 3. The van der Waals surface area contributed by atoms with Gasteiger partial charge in [0, 0.05) is 30.4 Å². The normalized spacial score (nSPS) is 18.1. The summed E-state index contributed by atoms with van der Waals surface area (Å²) in [6, 6.07) is 8.46. The summed E-state index contributed by atoms with van der Waals surface area (Å²) < 4.78 is 0. The smallest absolute Gasteiger partial charge is 0.172 e. The molecule has 3 N–H and O–H groups in total. The van der Waals surface area contributed by atoms with Crippen LogP contribution in [0.2, 0.25) is 0 Å². The first-order valence-corrected chi connectivity index (χ1v) is 6.61. The molecule has 1 aliphatic rings. The molecule has 1 fully saturated rings. The van der Waals surface area contributed by atoms with Gasteiger partial charge in [-0.3, -0.25) is 0 Å². The van der Waals surface area contributed by atoms with Crippen LogP contribution in [0.4, 0.5) is 5.69 Å². The maximum Gasteiger partial charge on any atom is 0.172 e. The molecule has 0 spiro atoms. The molecule has 1 aromatic rings. The number of amidine groups is 1. The van der Waals surface area contributed by atoms with Crippen LogP contribution in [0.5, 0.6) is 0 Å². The fourth-order valence-electron chi connectivity index (χ4n) is 2.64. The van der Waals surface area contributed by atoms with Gasteiger partial charge in [0.2, 0.25) is 0 Å². The highest BCUT2D eigenvalue weighted by Crippen LogP contribution is 2.25. The van der Waals surface area contributed by atoms with Crippen LogP contribution in [0.15, 0.2) is 29.4 Å². The van der Waals surface area contributed by atoms with Crippen molar-refractivity contribution in [3.8, 4) is 0 Å². The van der Waals surface area contributed by atoms with E-state index >= 15 is 0 Å². The van der Waals surface area contributed by atoms with Gasteiger partial charge in [-0.25, -0.2) is 0 Å². The van der Waals surface area contributed by atoms with Crippen molar-refractivity contribution in [2.45, 2.75) is 18.9 Å². The largest absolute Gasteiger partial charge is 0.409 e. The highest BCUT2D eigenvalue weighted by atomic mass is 16.4. The fourth-order valence-corrected chi connectivity index (χ4v) is 2.64. The molecule has 1 heterocycles. The van der Waals surface area contributed by atoms with E-state index in [-0.39, 0.29) is 5.84 Å². The molecular weight excluding hydrogens is 240 g/mol. The van der Waals surface area contributed by atoms with Gasteiger partial charge in [-0.05, 0) is 39.1 Å². The van der Waals surface area contributed by atoms with E-state index in [1.54, 1.807) is 0 Å². The van der Waals surface area contributed by atoms with Crippen molar-refractivity contribution in [1.29, 1.82) is 0 Å². The average Bonchev–Trinajstić information content (AvgIpc) is 2.46. The number of nitrogens with two attached hydrogens (primary N) is 1. The minimum Gasteiger partial charge on any atom is -0.409 e.